The monoisotopic (exact) mass is 394 g/mol. The van der Waals surface area contributed by atoms with Gasteiger partial charge in [-0.1, -0.05) is 18.2 Å². The Kier molecular flexibility index (Phi) is 7.01. The molecule has 1 amide bonds. The Balaban J connectivity index is 1.69. The molecule has 0 fully saturated rings. The third-order valence-corrected chi connectivity index (χ3v) is 5.34. The summed E-state index contributed by atoms with van der Waals surface area (Å²) in [6.07, 6.45) is 5.57. The van der Waals surface area contributed by atoms with Crippen molar-refractivity contribution >= 4 is 16.8 Å². The molecule has 2 heterocycles. The van der Waals surface area contributed by atoms with E-state index in [9.17, 15) is 9.90 Å². The van der Waals surface area contributed by atoms with E-state index in [1.165, 1.54) is 0 Å². The summed E-state index contributed by atoms with van der Waals surface area (Å²) >= 11 is 0. The lowest BCUT2D eigenvalue weighted by atomic mass is 10.0. The molecule has 2 atom stereocenters. The first kappa shape index (κ1) is 21.0. The van der Waals surface area contributed by atoms with Crippen LogP contribution in [0.3, 0.4) is 0 Å². The number of hydrogen-bond donors (Lipinski definition) is 3. The van der Waals surface area contributed by atoms with Crippen molar-refractivity contribution in [1.82, 2.24) is 20.2 Å². The summed E-state index contributed by atoms with van der Waals surface area (Å²) in [5, 5.41) is 14.8. The lowest BCUT2D eigenvalue weighted by Gasteiger charge is -2.19. The third-order valence-electron chi connectivity index (χ3n) is 5.34. The number of carbonyl (C=O) groups is 1. The largest absolute Gasteiger partial charge is 0.387 e. The van der Waals surface area contributed by atoms with Gasteiger partial charge in [0.05, 0.1) is 17.2 Å². The van der Waals surface area contributed by atoms with Gasteiger partial charge >= 0.3 is 0 Å². The highest BCUT2D eigenvalue weighted by atomic mass is 16.3. The van der Waals surface area contributed by atoms with Gasteiger partial charge in [0.2, 0.25) is 0 Å². The van der Waals surface area contributed by atoms with E-state index >= 15 is 0 Å². The number of aliphatic hydroxyl groups is 1. The van der Waals surface area contributed by atoms with Crippen LogP contribution in [0.5, 0.6) is 0 Å². The van der Waals surface area contributed by atoms with Crippen molar-refractivity contribution in [3.8, 4) is 0 Å². The van der Waals surface area contributed by atoms with Crippen molar-refractivity contribution in [3.63, 3.8) is 0 Å². The first-order valence-corrected chi connectivity index (χ1v) is 10.2. The number of benzene rings is 1. The lowest BCUT2D eigenvalue weighted by molar-refractivity contribution is 0.0775. The van der Waals surface area contributed by atoms with E-state index in [1.807, 2.05) is 49.2 Å². The molecule has 3 rings (SSSR count). The summed E-state index contributed by atoms with van der Waals surface area (Å²) in [5.41, 5.74) is 3.57. The maximum absolute atomic E-state index is 12.8. The molecule has 6 nitrogen and oxygen atoms in total. The van der Waals surface area contributed by atoms with E-state index in [0.29, 0.717) is 25.2 Å². The van der Waals surface area contributed by atoms with Crippen molar-refractivity contribution in [2.45, 2.75) is 39.3 Å². The van der Waals surface area contributed by atoms with Crippen LogP contribution >= 0.6 is 0 Å². The smallest absolute Gasteiger partial charge is 0.255 e. The normalized spacial score (nSPS) is 13.4. The molecule has 29 heavy (non-hydrogen) atoms. The number of carbonyl (C=O) groups excluding carboxylic acids is 1. The molecule has 0 saturated heterocycles. The maximum Gasteiger partial charge on any atom is 0.255 e. The summed E-state index contributed by atoms with van der Waals surface area (Å²) in [4.78, 5) is 22.0. The van der Waals surface area contributed by atoms with Crippen molar-refractivity contribution in [2.24, 2.45) is 0 Å². The molecule has 6 heteroatoms. The number of fused-ring (bicyclic) bond motifs is 1. The van der Waals surface area contributed by atoms with Crippen molar-refractivity contribution in [1.29, 1.82) is 0 Å². The van der Waals surface area contributed by atoms with Crippen LogP contribution in [0, 0.1) is 0 Å². The van der Waals surface area contributed by atoms with E-state index in [2.05, 4.69) is 28.3 Å². The number of para-hydroxylation sites is 1. The Morgan fingerprint density at radius 3 is 2.72 bits per heavy atom. The number of rotatable bonds is 9. The highest BCUT2D eigenvalue weighted by Gasteiger charge is 2.18. The highest BCUT2D eigenvalue weighted by molar-refractivity contribution is 6.06. The van der Waals surface area contributed by atoms with E-state index in [1.54, 1.807) is 12.4 Å². The van der Waals surface area contributed by atoms with Crippen LogP contribution < -0.4 is 5.32 Å². The van der Waals surface area contributed by atoms with E-state index in [-0.39, 0.29) is 11.9 Å². The SMILES string of the molecule is CCN(CC)C(=O)c1cccc2c(C[C@@H](C)NCC(O)c3cccnc3)c[nH]c12. The zero-order valence-corrected chi connectivity index (χ0v) is 17.4. The molecular weight excluding hydrogens is 364 g/mol. The predicted octanol–water partition coefficient (Wildman–Crippen LogP) is 3.30. The lowest BCUT2D eigenvalue weighted by Crippen LogP contribution is -2.32. The van der Waals surface area contributed by atoms with Gasteiger partial charge in [0.1, 0.15) is 0 Å². The van der Waals surface area contributed by atoms with Gasteiger partial charge < -0.3 is 20.3 Å². The molecule has 0 saturated carbocycles. The predicted molar refractivity (Wildman–Crippen MR) is 116 cm³/mol. The molecule has 0 bridgehead atoms. The molecular formula is C23H30N4O2. The van der Waals surface area contributed by atoms with Gasteiger partial charge in [0.25, 0.3) is 5.91 Å². The topological polar surface area (TPSA) is 81.2 Å². The van der Waals surface area contributed by atoms with Crippen molar-refractivity contribution in [3.05, 3.63) is 65.6 Å². The molecule has 0 aliphatic rings. The number of aromatic amines is 1. The minimum absolute atomic E-state index is 0.0553. The van der Waals surface area contributed by atoms with E-state index < -0.39 is 6.10 Å². The molecule has 2 aromatic heterocycles. The van der Waals surface area contributed by atoms with Gasteiger partial charge in [-0.25, -0.2) is 0 Å². The molecule has 3 aromatic rings. The summed E-state index contributed by atoms with van der Waals surface area (Å²) in [6.45, 7) is 7.93. The first-order chi connectivity index (χ1) is 14.0. The van der Waals surface area contributed by atoms with Crippen LogP contribution in [-0.2, 0) is 6.42 Å². The van der Waals surface area contributed by atoms with Crippen LogP contribution in [0.15, 0.2) is 48.9 Å². The van der Waals surface area contributed by atoms with Gasteiger partial charge in [0, 0.05) is 55.2 Å². The van der Waals surface area contributed by atoms with Crippen LogP contribution in [-0.4, -0.2) is 51.6 Å². The minimum Gasteiger partial charge on any atom is -0.387 e. The summed E-state index contributed by atoms with van der Waals surface area (Å²) < 4.78 is 0. The summed E-state index contributed by atoms with van der Waals surface area (Å²) in [6, 6.07) is 9.75. The Bertz CT molecular complexity index is 934. The fourth-order valence-corrected chi connectivity index (χ4v) is 3.65. The number of H-pyrrole nitrogens is 1. The molecule has 0 radical (unpaired) electrons. The van der Waals surface area contributed by atoms with Gasteiger partial charge in [-0.05, 0) is 44.9 Å². The first-order valence-electron chi connectivity index (χ1n) is 10.2. The number of aliphatic hydroxyl groups excluding tert-OH is 1. The Labute approximate surface area is 172 Å². The number of nitrogens with zero attached hydrogens (tertiary/aromatic N) is 2. The second kappa shape index (κ2) is 9.67. The second-order valence-electron chi connectivity index (χ2n) is 7.34. The highest BCUT2D eigenvalue weighted by Crippen LogP contribution is 2.24. The number of nitrogens with one attached hydrogen (secondary N) is 2. The third kappa shape index (κ3) is 4.83. The van der Waals surface area contributed by atoms with Gasteiger partial charge in [-0.2, -0.15) is 0 Å². The molecule has 1 aromatic carbocycles. The summed E-state index contributed by atoms with van der Waals surface area (Å²) in [7, 11) is 0. The minimum atomic E-state index is -0.590. The average Bonchev–Trinajstić information content (AvgIpc) is 3.16. The Morgan fingerprint density at radius 2 is 2.03 bits per heavy atom. The number of pyridine rings is 1. The second-order valence-corrected chi connectivity index (χ2v) is 7.34. The van der Waals surface area contributed by atoms with Crippen LogP contribution in [0.25, 0.3) is 10.9 Å². The quantitative estimate of drug-likeness (QED) is 0.520. The Morgan fingerprint density at radius 1 is 1.24 bits per heavy atom. The fourth-order valence-electron chi connectivity index (χ4n) is 3.65. The standard InChI is InChI=1S/C23H30N4O2/c1-4-27(5-2)23(29)20-10-6-9-19-18(14-26-22(19)20)12-16(3)25-15-21(28)17-8-7-11-24-13-17/h6-11,13-14,16,21,25-26,28H,4-5,12,15H2,1-3H3/t16-,21?/m1/s1. The maximum atomic E-state index is 12.8. The fraction of sp³-hybridized carbons (Fsp3) is 0.391. The zero-order chi connectivity index (χ0) is 20.8. The number of aromatic nitrogens is 2. The van der Waals surface area contributed by atoms with Crippen LogP contribution in [0.1, 0.15) is 48.4 Å². The number of amides is 1. The Hall–Kier alpha value is -2.70. The number of hydrogen-bond acceptors (Lipinski definition) is 4. The van der Waals surface area contributed by atoms with Gasteiger partial charge in [0.15, 0.2) is 0 Å². The van der Waals surface area contributed by atoms with E-state index in [4.69, 9.17) is 0 Å². The molecule has 0 aliphatic carbocycles. The molecule has 154 valence electrons. The van der Waals surface area contributed by atoms with Gasteiger partial charge in [-0.15, -0.1) is 0 Å². The van der Waals surface area contributed by atoms with E-state index in [0.717, 1.165) is 28.5 Å². The van der Waals surface area contributed by atoms with Crippen molar-refractivity contribution < 1.29 is 9.90 Å². The molecule has 0 aliphatic heterocycles. The van der Waals surface area contributed by atoms with Crippen LogP contribution in [0.2, 0.25) is 0 Å². The summed E-state index contributed by atoms with van der Waals surface area (Å²) in [5.74, 6) is 0.0553. The molecule has 1 unspecified atom stereocenters. The van der Waals surface area contributed by atoms with Crippen LogP contribution in [0.4, 0.5) is 0 Å². The molecule has 3 N–H and O–H groups in total. The average molecular weight is 395 g/mol. The van der Waals surface area contributed by atoms with Gasteiger partial charge in [-0.3, -0.25) is 9.78 Å². The van der Waals surface area contributed by atoms with Crippen molar-refractivity contribution in [2.75, 3.05) is 19.6 Å². The molecule has 0 spiro atoms. The zero-order valence-electron chi connectivity index (χ0n) is 17.4.